The molecule has 3 rings (SSSR count). The summed E-state index contributed by atoms with van der Waals surface area (Å²) in [6.45, 7) is 0.619. The van der Waals surface area contributed by atoms with Crippen LogP contribution in [0.4, 0.5) is 13.2 Å². The molecule has 3 aromatic rings. The highest BCUT2D eigenvalue weighted by Crippen LogP contribution is 2.22. The Morgan fingerprint density at radius 1 is 1.00 bits per heavy atom. The fraction of sp³-hybridized carbons (Fsp3) is 0.263. The van der Waals surface area contributed by atoms with Crippen LogP contribution in [0.15, 0.2) is 64.6 Å². The monoisotopic (exact) mass is 381 g/mol. The molecule has 0 amide bonds. The van der Waals surface area contributed by atoms with E-state index in [1.165, 1.54) is 10.9 Å². The molecule has 0 bridgehead atoms. The number of halogens is 3. The predicted octanol–water partition coefficient (Wildman–Crippen LogP) is 5.48. The lowest BCUT2D eigenvalue weighted by molar-refractivity contribution is -0.153. The number of rotatable bonds is 8. The van der Waals surface area contributed by atoms with Gasteiger partial charge in [-0.1, -0.05) is 18.2 Å². The third kappa shape index (κ3) is 5.93. The summed E-state index contributed by atoms with van der Waals surface area (Å²) in [5, 5.41) is 2.02. The topological polar surface area (TPSA) is 25.6 Å². The summed E-state index contributed by atoms with van der Waals surface area (Å²) in [4.78, 5) is 3.38. The first-order valence-electron chi connectivity index (χ1n) is 8.03. The number of hydrogen-bond donors (Lipinski definition) is 0. The second-order valence-electron chi connectivity index (χ2n) is 5.86. The van der Waals surface area contributed by atoms with Crippen LogP contribution in [-0.4, -0.2) is 17.7 Å². The number of ether oxygens (including phenoxy) is 1. The number of benzene rings is 1. The second-order valence-corrected chi connectivity index (χ2v) is 6.89. The molecule has 0 saturated carbocycles. The van der Waals surface area contributed by atoms with Crippen molar-refractivity contribution >= 4 is 11.3 Å². The molecule has 138 valence electrons. The van der Waals surface area contributed by atoms with Gasteiger partial charge in [-0.05, 0) is 41.3 Å². The molecule has 2 aromatic heterocycles. The van der Waals surface area contributed by atoms with Crippen molar-refractivity contribution in [3.05, 3.63) is 76.4 Å². The minimum atomic E-state index is -4.35. The van der Waals surface area contributed by atoms with E-state index in [0.717, 1.165) is 17.9 Å². The van der Waals surface area contributed by atoms with Crippen molar-refractivity contribution in [2.24, 2.45) is 0 Å². The molecule has 0 aliphatic carbocycles. The Morgan fingerprint density at radius 3 is 2.58 bits per heavy atom. The number of nitrogens with zero attached hydrogens (tertiary/aromatic N) is 1. The lowest BCUT2D eigenvalue weighted by Gasteiger charge is -2.21. The van der Waals surface area contributed by atoms with Crippen LogP contribution in [0.3, 0.4) is 0 Å². The van der Waals surface area contributed by atoms with Crippen LogP contribution >= 0.6 is 11.3 Å². The molecule has 3 nitrogen and oxygen atoms in total. The van der Waals surface area contributed by atoms with Crippen molar-refractivity contribution in [3.63, 3.8) is 0 Å². The van der Waals surface area contributed by atoms with Gasteiger partial charge in [0.25, 0.3) is 0 Å². The van der Waals surface area contributed by atoms with Gasteiger partial charge >= 0.3 is 6.18 Å². The summed E-state index contributed by atoms with van der Waals surface area (Å²) < 4.78 is 47.3. The Bertz CT molecular complexity index is 749. The first-order valence-corrected chi connectivity index (χ1v) is 8.91. The summed E-state index contributed by atoms with van der Waals surface area (Å²) >= 11 is 1.67. The molecule has 0 spiro atoms. The molecular weight excluding hydrogens is 363 g/mol. The summed E-state index contributed by atoms with van der Waals surface area (Å²) in [5.41, 5.74) is 0.882. The van der Waals surface area contributed by atoms with Crippen LogP contribution in [0.1, 0.15) is 16.2 Å². The Morgan fingerprint density at radius 2 is 1.88 bits per heavy atom. The van der Waals surface area contributed by atoms with E-state index in [0.29, 0.717) is 13.1 Å². The first kappa shape index (κ1) is 18.5. The fourth-order valence-electron chi connectivity index (χ4n) is 2.57. The molecule has 1 aromatic carbocycles. The number of furan rings is 1. The van der Waals surface area contributed by atoms with Crippen molar-refractivity contribution in [1.29, 1.82) is 0 Å². The molecule has 0 N–H and O–H groups in total. The van der Waals surface area contributed by atoms with E-state index in [4.69, 9.17) is 9.15 Å². The highest BCUT2D eigenvalue weighted by atomic mass is 32.1. The zero-order valence-electron chi connectivity index (χ0n) is 13.9. The van der Waals surface area contributed by atoms with Gasteiger partial charge in [-0.2, -0.15) is 13.2 Å². The minimum Gasteiger partial charge on any atom is -0.484 e. The maximum atomic E-state index is 12.3. The lowest BCUT2D eigenvalue weighted by atomic mass is 10.2. The van der Waals surface area contributed by atoms with Crippen molar-refractivity contribution in [2.45, 2.75) is 25.8 Å². The zero-order chi connectivity index (χ0) is 18.4. The Kier molecular flexibility index (Phi) is 6.00. The smallest absolute Gasteiger partial charge is 0.422 e. The van der Waals surface area contributed by atoms with Gasteiger partial charge in [-0.3, -0.25) is 4.90 Å². The van der Waals surface area contributed by atoms with Crippen LogP contribution in [0, 0.1) is 0 Å². The summed E-state index contributed by atoms with van der Waals surface area (Å²) in [6, 6.07) is 14.6. The summed E-state index contributed by atoms with van der Waals surface area (Å²) in [7, 11) is 0. The number of alkyl halides is 3. The zero-order valence-corrected chi connectivity index (χ0v) is 14.7. The van der Waals surface area contributed by atoms with E-state index in [-0.39, 0.29) is 5.75 Å². The van der Waals surface area contributed by atoms with Gasteiger partial charge in [0.1, 0.15) is 11.5 Å². The highest BCUT2D eigenvalue weighted by molar-refractivity contribution is 7.09. The average Bonchev–Trinajstić information content (AvgIpc) is 3.27. The van der Waals surface area contributed by atoms with Crippen molar-refractivity contribution in [2.75, 3.05) is 6.61 Å². The maximum absolute atomic E-state index is 12.3. The van der Waals surface area contributed by atoms with Crippen LogP contribution in [0.25, 0.3) is 0 Å². The number of hydrogen-bond acceptors (Lipinski definition) is 4. The second kappa shape index (κ2) is 8.42. The average molecular weight is 381 g/mol. The molecule has 26 heavy (non-hydrogen) atoms. The van der Waals surface area contributed by atoms with E-state index >= 15 is 0 Å². The molecule has 0 radical (unpaired) electrons. The number of thiophene rings is 1. The van der Waals surface area contributed by atoms with E-state index in [1.54, 1.807) is 29.7 Å². The van der Waals surface area contributed by atoms with Crippen molar-refractivity contribution in [1.82, 2.24) is 4.90 Å². The molecule has 2 heterocycles. The molecule has 0 unspecified atom stereocenters. The lowest BCUT2D eigenvalue weighted by Crippen LogP contribution is -2.22. The van der Waals surface area contributed by atoms with Crippen molar-refractivity contribution < 1.29 is 22.3 Å². The van der Waals surface area contributed by atoms with Gasteiger partial charge in [-0.25, -0.2) is 0 Å². The van der Waals surface area contributed by atoms with E-state index in [9.17, 15) is 13.2 Å². The third-order valence-corrected chi connectivity index (χ3v) is 4.49. The Hall–Kier alpha value is -2.25. The Labute approximate surface area is 153 Å². The van der Waals surface area contributed by atoms with Crippen LogP contribution in [-0.2, 0) is 19.6 Å². The quantitative estimate of drug-likeness (QED) is 0.516. The molecule has 0 fully saturated rings. The van der Waals surface area contributed by atoms with Gasteiger partial charge in [0.05, 0.1) is 12.8 Å². The molecule has 0 aliphatic rings. The molecule has 0 aliphatic heterocycles. The van der Waals surface area contributed by atoms with E-state index < -0.39 is 12.8 Å². The van der Waals surface area contributed by atoms with Gasteiger partial charge in [0.15, 0.2) is 6.61 Å². The van der Waals surface area contributed by atoms with Crippen LogP contribution in [0.5, 0.6) is 5.75 Å². The van der Waals surface area contributed by atoms with Gasteiger partial charge in [0, 0.05) is 18.0 Å². The summed E-state index contributed by atoms with van der Waals surface area (Å²) in [5.74, 6) is 1.06. The molecule has 7 heteroatoms. The van der Waals surface area contributed by atoms with E-state index in [1.807, 2.05) is 29.6 Å². The normalized spacial score (nSPS) is 11.8. The van der Waals surface area contributed by atoms with Gasteiger partial charge < -0.3 is 9.15 Å². The van der Waals surface area contributed by atoms with Crippen LogP contribution in [0.2, 0.25) is 0 Å². The van der Waals surface area contributed by atoms with Gasteiger partial charge in [-0.15, -0.1) is 11.3 Å². The molecule has 0 atom stereocenters. The third-order valence-electron chi connectivity index (χ3n) is 3.63. The standard InChI is InChI=1S/C19H18F3NO2S/c20-19(21,22)14-25-16-5-1-4-15(10-16)11-23(12-17-6-2-8-24-17)13-18-7-3-9-26-18/h1-10H,11-14H2. The Balaban J connectivity index is 1.69. The highest BCUT2D eigenvalue weighted by Gasteiger charge is 2.28. The van der Waals surface area contributed by atoms with Crippen molar-refractivity contribution in [3.8, 4) is 5.75 Å². The largest absolute Gasteiger partial charge is 0.484 e. The summed E-state index contributed by atoms with van der Waals surface area (Å²) in [6.07, 6.45) is -2.72. The fourth-order valence-corrected chi connectivity index (χ4v) is 3.32. The maximum Gasteiger partial charge on any atom is 0.422 e. The van der Waals surface area contributed by atoms with Gasteiger partial charge in [0.2, 0.25) is 0 Å². The molecule has 0 saturated heterocycles. The SMILES string of the molecule is FC(F)(F)COc1cccc(CN(Cc2ccco2)Cc2cccs2)c1. The predicted molar refractivity (Wildman–Crippen MR) is 94.0 cm³/mol. The van der Waals surface area contributed by atoms with Crippen LogP contribution < -0.4 is 4.74 Å². The molecular formula is C19H18F3NO2S. The first-order chi connectivity index (χ1) is 12.5. The van der Waals surface area contributed by atoms with E-state index in [2.05, 4.69) is 11.0 Å². The minimum absolute atomic E-state index is 0.217.